The van der Waals surface area contributed by atoms with Gasteiger partial charge in [-0.2, -0.15) is 0 Å². The van der Waals surface area contributed by atoms with Gasteiger partial charge in [0.25, 0.3) is 0 Å². The minimum absolute atomic E-state index is 0.232. The molecule has 0 saturated carbocycles. The first-order valence-electron chi connectivity index (χ1n) is 5.99. The van der Waals surface area contributed by atoms with Gasteiger partial charge < -0.3 is 10.6 Å². The van der Waals surface area contributed by atoms with Gasteiger partial charge in [0.15, 0.2) is 0 Å². The van der Waals surface area contributed by atoms with E-state index in [9.17, 15) is 4.79 Å². The second-order valence-electron chi connectivity index (χ2n) is 4.60. The van der Waals surface area contributed by atoms with Crippen LogP contribution in [0.3, 0.4) is 0 Å². The molecule has 1 atom stereocenters. The van der Waals surface area contributed by atoms with Crippen LogP contribution in [-0.4, -0.2) is 25.0 Å². The van der Waals surface area contributed by atoms with E-state index in [4.69, 9.17) is 0 Å². The van der Waals surface area contributed by atoms with Crippen LogP contribution in [-0.2, 0) is 4.79 Å². The summed E-state index contributed by atoms with van der Waals surface area (Å²) in [4.78, 5) is 11.6. The van der Waals surface area contributed by atoms with Gasteiger partial charge in [0.05, 0.1) is 0 Å². The van der Waals surface area contributed by atoms with E-state index in [0.717, 1.165) is 38.3 Å². The minimum atomic E-state index is 0.232. The van der Waals surface area contributed by atoms with Gasteiger partial charge >= 0.3 is 0 Å². The highest BCUT2D eigenvalue weighted by atomic mass is 16.1. The zero-order chi connectivity index (χ0) is 10.5. The van der Waals surface area contributed by atoms with Gasteiger partial charge in [0, 0.05) is 12.5 Å². The van der Waals surface area contributed by atoms with Crippen LogP contribution < -0.4 is 10.6 Å². The first-order chi connectivity index (χ1) is 7.34. The van der Waals surface area contributed by atoms with Crippen molar-refractivity contribution in [2.24, 2.45) is 5.92 Å². The molecule has 3 nitrogen and oxygen atoms in total. The summed E-state index contributed by atoms with van der Waals surface area (Å²) in [6.07, 6.45) is 9.28. The second kappa shape index (κ2) is 5.31. The lowest BCUT2D eigenvalue weighted by molar-refractivity contribution is -0.122. The molecular formula is C12H20N2O. The standard InChI is InChI=1S/C12H20N2O/c15-12(14-11-3-1-2-4-11)6-5-10-7-8-13-9-10/h1-2,10-11,13H,3-9H2,(H,14,15). The third-order valence-electron chi connectivity index (χ3n) is 3.32. The van der Waals surface area contributed by atoms with Gasteiger partial charge in [-0.05, 0) is 44.7 Å². The van der Waals surface area contributed by atoms with E-state index in [-0.39, 0.29) is 5.91 Å². The fraction of sp³-hybridized carbons (Fsp3) is 0.750. The Morgan fingerprint density at radius 3 is 2.87 bits per heavy atom. The zero-order valence-electron chi connectivity index (χ0n) is 9.17. The van der Waals surface area contributed by atoms with Crippen LogP contribution in [0.25, 0.3) is 0 Å². The Balaban J connectivity index is 1.59. The van der Waals surface area contributed by atoms with Gasteiger partial charge in [0.2, 0.25) is 5.91 Å². The molecule has 0 aromatic heterocycles. The van der Waals surface area contributed by atoms with E-state index >= 15 is 0 Å². The number of rotatable bonds is 4. The summed E-state index contributed by atoms with van der Waals surface area (Å²) in [5.41, 5.74) is 0. The van der Waals surface area contributed by atoms with E-state index in [1.807, 2.05) is 0 Å². The van der Waals surface area contributed by atoms with Gasteiger partial charge in [-0.1, -0.05) is 12.2 Å². The van der Waals surface area contributed by atoms with Crippen LogP contribution in [0.5, 0.6) is 0 Å². The Labute approximate surface area is 91.3 Å². The zero-order valence-corrected chi connectivity index (χ0v) is 9.17. The van der Waals surface area contributed by atoms with Crippen molar-refractivity contribution in [3.8, 4) is 0 Å². The SMILES string of the molecule is O=C(CCC1CCNC1)NC1CC=CC1. The Morgan fingerprint density at radius 1 is 1.40 bits per heavy atom. The fourth-order valence-electron chi connectivity index (χ4n) is 2.33. The van der Waals surface area contributed by atoms with Crippen molar-refractivity contribution in [2.75, 3.05) is 13.1 Å². The molecule has 2 N–H and O–H groups in total. The lowest BCUT2D eigenvalue weighted by atomic mass is 10.0. The molecule has 1 amide bonds. The van der Waals surface area contributed by atoms with Gasteiger partial charge in [-0.15, -0.1) is 0 Å². The third-order valence-corrected chi connectivity index (χ3v) is 3.32. The van der Waals surface area contributed by atoms with E-state index in [1.54, 1.807) is 0 Å². The molecule has 0 spiro atoms. The Bertz CT molecular complexity index is 236. The van der Waals surface area contributed by atoms with Gasteiger partial charge in [-0.3, -0.25) is 4.79 Å². The molecule has 2 rings (SSSR count). The smallest absolute Gasteiger partial charge is 0.220 e. The van der Waals surface area contributed by atoms with Crippen molar-refractivity contribution in [1.82, 2.24) is 10.6 Å². The number of amides is 1. The number of hydrogen-bond acceptors (Lipinski definition) is 2. The van der Waals surface area contributed by atoms with Crippen molar-refractivity contribution in [2.45, 2.75) is 38.1 Å². The van der Waals surface area contributed by atoms with Crippen LogP contribution in [0.1, 0.15) is 32.1 Å². The Hall–Kier alpha value is -0.830. The molecular weight excluding hydrogens is 188 g/mol. The first-order valence-corrected chi connectivity index (χ1v) is 5.99. The summed E-state index contributed by atoms with van der Waals surface area (Å²) in [6, 6.07) is 0.374. The molecule has 1 heterocycles. The number of carbonyl (C=O) groups is 1. The van der Waals surface area contributed by atoms with Gasteiger partial charge in [0.1, 0.15) is 0 Å². The van der Waals surface area contributed by atoms with Crippen LogP contribution >= 0.6 is 0 Å². The molecule has 0 aromatic carbocycles. The number of carbonyl (C=O) groups excluding carboxylic acids is 1. The Kier molecular flexibility index (Phi) is 3.78. The first kappa shape index (κ1) is 10.7. The molecule has 84 valence electrons. The van der Waals surface area contributed by atoms with E-state index < -0.39 is 0 Å². The maximum absolute atomic E-state index is 11.6. The van der Waals surface area contributed by atoms with E-state index in [2.05, 4.69) is 22.8 Å². The highest BCUT2D eigenvalue weighted by molar-refractivity contribution is 5.76. The van der Waals surface area contributed by atoms with E-state index in [0.29, 0.717) is 12.5 Å². The Morgan fingerprint density at radius 2 is 2.20 bits per heavy atom. The molecule has 1 unspecified atom stereocenters. The summed E-state index contributed by atoms with van der Waals surface area (Å²) < 4.78 is 0. The summed E-state index contributed by atoms with van der Waals surface area (Å²) >= 11 is 0. The normalized spacial score (nSPS) is 26.0. The van der Waals surface area contributed by atoms with Crippen molar-refractivity contribution < 1.29 is 4.79 Å². The fourth-order valence-corrected chi connectivity index (χ4v) is 2.33. The molecule has 1 aliphatic heterocycles. The summed E-state index contributed by atoms with van der Waals surface area (Å²) in [5.74, 6) is 0.952. The molecule has 0 aromatic rings. The molecule has 1 fully saturated rings. The predicted octanol–water partition coefficient (Wildman–Crippen LogP) is 1.21. The third kappa shape index (κ3) is 3.34. The average Bonchev–Trinajstić information content (AvgIpc) is 2.86. The molecule has 1 saturated heterocycles. The average molecular weight is 208 g/mol. The molecule has 2 aliphatic rings. The summed E-state index contributed by atoms with van der Waals surface area (Å²) in [7, 11) is 0. The number of hydrogen-bond donors (Lipinski definition) is 2. The largest absolute Gasteiger partial charge is 0.353 e. The molecule has 0 radical (unpaired) electrons. The topological polar surface area (TPSA) is 41.1 Å². The van der Waals surface area contributed by atoms with Crippen LogP contribution in [0, 0.1) is 5.92 Å². The highest BCUT2D eigenvalue weighted by Crippen LogP contribution is 2.15. The number of nitrogens with one attached hydrogen (secondary N) is 2. The van der Waals surface area contributed by atoms with Crippen LogP contribution in [0.4, 0.5) is 0 Å². The summed E-state index contributed by atoms with van der Waals surface area (Å²) in [6.45, 7) is 2.22. The summed E-state index contributed by atoms with van der Waals surface area (Å²) in [5, 5.41) is 6.41. The molecule has 3 heteroatoms. The van der Waals surface area contributed by atoms with Crippen molar-refractivity contribution in [3.63, 3.8) is 0 Å². The van der Waals surface area contributed by atoms with Crippen molar-refractivity contribution in [1.29, 1.82) is 0 Å². The van der Waals surface area contributed by atoms with Crippen LogP contribution in [0.15, 0.2) is 12.2 Å². The quantitative estimate of drug-likeness (QED) is 0.682. The second-order valence-corrected chi connectivity index (χ2v) is 4.60. The maximum Gasteiger partial charge on any atom is 0.220 e. The maximum atomic E-state index is 11.6. The van der Waals surface area contributed by atoms with E-state index in [1.165, 1.54) is 6.42 Å². The lowest BCUT2D eigenvalue weighted by Gasteiger charge is -2.13. The predicted molar refractivity (Wildman–Crippen MR) is 60.5 cm³/mol. The lowest BCUT2D eigenvalue weighted by Crippen LogP contribution is -2.33. The molecule has 1 aliphatic carbocycles. The van der Waals surface area contributed by atoms with Crippen LogP contribution in [0.2, 0.25) is 0 Å². The molecule has 0 bridgehead atoms. The van der Waals surface area contributed by atoms with Crippen molar-refractivity contribution >= 4 is 5.91 Å². The monoisotopic (exact) mass is 208 g/mol. The van der Waals surface area contributed by atoms with Gasteiger partial charge in [-0.25, -0.2) is 0 Å². The highest BCUT2D eigenvalue weighted by Gasteiger charge is 2.17. The molecule has 15 heavy (non-hydrogen) atoms. The minimum Gasteiger partial charge on any atom is -0.353 e. The van der Waals surface area contributed by atoms with Crippen molar-refractivity contribution in [3.05, 3.63) is 12.2 Å².